The molecular weight excluding hydrogens is 516 g/mol. The molecule has 0 aliphatic carbocycles. The molecule has 0 radical (unpaired) electrons. The molecule has 0 bridgehead atoms. The van der Waals surface area contributed by atoms with Crippen LogP contribution in [0.1, 0.15) is 32.9 Å². The molecule has 4 aromatic carbocycles. The van der Waals surface area contributed by atoms with Gasteiger partial charge in [0.05, 0.1) is 17.6 Å². The Bertz CT molecular complexity index is 1860. The van der Waals surface area contributed by atoms with Crippen LogP contribution in [0.2, 0.25) is 0 Å². The molecule has 206 valence electrons. The second-order valence-electron chi connectivity index (χ2n) is 10.4. The highest BCUT2D eigenvalue weighted by molar-refractivity contribution is 5.97. The molecule has 2 heterocycles. The van der Waals surface area contributed by atoms with Gasteiger partial charge in [0.1, 0.15) is 0 Å². The van der Waals surface area contributed by atoms with E-state index in [1.54, 1.807) is 12.3 Å². The van der Waals surface area contributed by atoms with Gasteiger partial charge in [-0.3, -0.25) is 4.79 Å². The summed E-state index contributed by atoms with van der Waals surface area (Å²) in [5.41, 5.74) is 13.8. The quantitative estimate of drug-likeness (QED) is 0.158. The number of nitrogens with one attached hydrogen (secondary N) is 1. The van der Waals surface area contributed by atoms with Crippen LogP contribution in [0.4, 0.5) is 0 Å². The zero-order chi connectivity index (χ0) is 29.1. The SMILES string of the molecule is Cc1ccc(-n2c(-c3ccccc3)cc(C=NNC(=O)c3cccc(-n4c(C)ccc4C)c3)c2-c2ccccc2)cc1. The molecule has 5 nitrogen and oxygen atoms in total. The number of benzene rings is 4. The Morgan fingerprint density at radius 1 is 0.643 bits per heavy atom. The normalized spacial score (nSPS) is 11.2. The summed E-state index contributed by atoms with van der Waals surface area (Å²) in [5, 5.41) is 4.44. The molecule has 5 heteroatoms. The number of rotatable bonds is 7. The first-order valence-corrected chi connectivity index (χ1v) is 14.0. The highest BCUT2D eigenvalue weighted by Crippen LogP contribution is 2.35. The van der Waals surface area contributed by atoms with Gasteiger partial charge in [-0.2, -0.15) is 5.10 Å². The first-order chi connectivity index (χ1) is 20.5. The maximum absolute atomic E-state index is 13.2. The van der Waals surface area contributed by atoms with Crippen LogP contribution in [0.3, 0.4) is 0 Å². The second kappa shape index (κ2) is 11.6. The Morgan fingerprint density at radius 3 is 1.95 bits per heavy atom. The van der Waals surface area contributed by atoms with Gasteiger partial charge in [0, 0.05) is 33.9 Å². The van der Waals surface area contributed by atoms with Gasteiger partial charge in [-0.1, -0.05) is 84.4 Å². The summed E-state index contributed by atoms with van der Waals surface area (Å²) in [5.74, 6) is -0.266. The zero-order valence-electron chi connectivity index (χ0n) is 24.0. The lowest BCUT2D eigenvalue weighted by atomic mass is 10.1. The number of carbonyl (C=O) groups is 1. The first kappa shape index (κ1) is 26.8. The predicted molar refractivity (Wildman–Crippen MR) is 172 cm³/mol. The van der Waals surface area contributed by atoms with Crippen molar-refractivity contribution in [1.29, 1.82) is 0 Å². The predicted octanol–water partition coefficient (Wildman–Crippen LogP) is 8.29. The van der Waals surface area contributed by atoms with E-state index in [0.717, 1.165) is 50.8 Å². The summed E-state index contributed by atoms with van der Waals surface area (Å²) >= 11 is 0. The zero-order valence-corrected chi connectivity index (χ0v) is 24.0. The van der Waals surface area contributed by atoms with Crippen molar-refractivity contribution in [1.82, 2.24) is 14.6 Å². The van der Waals surface area contributed by atoms with Crippen LogP contribution in [0.5, 0.6) is 0 Å². The number of hydrazone groups is 1. The second-order valence-corrected chi connectivity index (χ2v) is 10.4. The standard InChI is InChI=1S/C37H32N4O/c1-26-17-21-33(22-18-26)41-35(29-11-6-4-7-12-29)24-32(36(41)30-13-8-5-9-14-30)25-38-39-37(42)31-15-10-16-34(23-31)40-27(2)19-20-28(40)3/h4-25H,1-3H3,(H,39,42). The highest BCUT2D eigenvalue weighted by atomic mass is 16.2. The molecule has 0 spiro atoms. The number of nitrogens with zero attached hydrogens (tertiary/aromatic N) is 3. The van der Waals surface area contributed by atoms with Crippen LogP contribution in [0, 0.1) is 20.8 Å². The van der Waals surface area contributed by atoms with Crippen LogP contribution in [0.25, 0.3) is 33.9 Å². The van der Waals surface area contributed by atoms with E-state index in [1.165, 1.54) is 5.56 Å². The number of aryl methyl sites for hydroxylation is 3. The lowest BCUT2D eigenvalue weighted by molar-refractivity contribution is 0.0955. The fourth-order valence-corrected chi connectivity index (χ4v) is 5.39. The van der Waals surface area contributed by atoms with E-state index < -0.39 is 0 Å². The first-order valence-electron chi connectivity index (χ1n) is 14.0. The van der Waals surface area contributed by atoms with Gasteiger partial charge in [0.2, 0.25) is 0 Å². The molecule has 6 rings (SSSR count). The van der Waals surface area contributed by atoms with Crippen molar-refractivity contribution in [2.75, 3.05) is 0 Å². The van der Waals surface area contributed by atoms with E-state index in [-0.39, 0.29) is 5.91 Å². The van der Waals surface area contributed by atoms with Crippen molar-refractivity contribution in [3.63, 3.8) is 0 Å². The Balaban J connectivity index is 1.39. The van der Waals surface area contributed by atoms with Crippen molar-refractivity contribution >= 4 is 12.1 Å². The maximum atomic E-state index is 13.2. The van der Waals surface area contributed by atoms with Gasteiger partial charge in [-0.05, 0) is 80.4 Å². The fraction of sp³-hybridized carbons (Fsp3) is 0.0811. The lowest BCUT2D eigenvalue weighted by Gasteiger charge is -2.15. The number of hydrogen-bond donors (Lipinski definition) is 1. The third kappa shape index (κ3) is 5.32. The van der Waals surface area contributed by atoms with Crippen molar-refractivity contribution in [2.24, 2.45) is 5.10 Å². The monoisotopic (exact) mass is 548 g/mol. The summed E-state index contributed by atoms with van der Waals surface area (Å²) in [6, 6.07) is 43.0. The molecule has 0 aliphatic rings. The van der Waals surface area contributed by atoms with E-state index >= 15 is 0 Å². The summed E-state index contributed by atoms with van der Waals surface area (Å²) < 4.78 is 4.39. The molecule has 42 heavy (non-hydrogen) atoms. The van der Waals surface area contributed by atoms with Gasteiger partial charge in [0.25, 0.3) is 5.91 Å². The van der Waals surface area contributed by atoms with Crippen LogP contribution in [-0.4, -0.2) is 21.3 Å². The molecule has 1 N–H and O–H groups in total. The molecule has 6 aromatic rings. The summed E-state index contributed by atoms with van der Waals surface area (Å²) in [6.45, 7) is 6.20. The van der Waals surface area contributed by atoms with Gasteiger partial charge >= 0.3 is 0 Å². The van der Waals surface area contributed by atoms with Gasteiger partial charge in [-0.25, -0.2) is 5.43 Å². The molecular formula is C37H32N4O. The number of amides is 1. The summed E-state index contributed by atoms with van der Waals surface area (Å²) in [7, 11) is 0. The minimum absolute atomic E-state index is 0.266. The molecule has 0 atom stereocenters. The molecule has 1 amide bonds. The summed E-state index contributed by atoms with van der Waals surface area (Å²) in [4.78, 5) is 13.2. The lowest BCUT2D eigenvalue weighted by Crippen LogP contribution is -2.18. The molecule has 0 saturated heterocycles. The fourth-order valence-electron chi connectivity index (χ4n) is 5.39. The van der Waals surface area contributed by atoms with Crippen LogP contribution in [-0.2, 0) is 0 Å². The molecule has 0 unspecified atom stereocenters. The third-order valence-corrected chi connectivity index (χ3v) is 7.45. The number of hydrogen-bond acceptors (Lipinski definition) is 2. The Labute approximate surface area is 246 Å². The highest BCUT2D eigenvalue weighted by Gasteiger charge is 2.19. The molecule has 0 fully saturated rings. The van der Waals surface area contributed by atoms with E-state index in [1.807, 2.05) is 54.6 Å². The molecule has 0 aliphatic heterocycles. The van der Waals surface area contributed by atoms with Crippen LogP contribution >= 0.6 is 0 Å². The van der Waals surface area contributed by atoms with Crippen LogP contribution in [0.15, 0.2) is 132 Å². The maximum Gasteiger partial charge on any atom is 0.271 e. The Morgan fingerprint density at radius 2 is 1.29 bits per heavy atom. The van der Waals surface area contributed by atoms with Crippen molar-refractivity contribution in [3.8, 4) is 33.9 Å². The van der Waals surface area contributed by atoms with E-state index in [4.69, 9.17) is 0 Å². The van der Waals surface area contributed by atoms with Crippen molar-refractivity contribution < 1.29 is 4.79 Å². The average Bonchev–Trinajstić information content (AvgIpc) is 3.57. The molecule has 0 saturated carbocycles. The number of aromatic nitrogens is 2. The van der Waals surface area contributed by atoms with Crippen LogP contribution < -0.4 is 5.43 Å². The van der Waals surface area contributed by atoms with Gasteiger partial charge in [0.15, 0.2) is 0 Å². The molecule has 2 aromatic heterocycles. The number of carbonyl (C=O) groups excluding carboxylic acids is 1. The average molecular weight is 549 g/mol. The summed E-state index contributed by atoms with van der Waals surface area (Å²) in [6.07, 6.45) is 1.74. The van der Waals surface area contributed by atoms with E-state index in [0.29, 0.717) is 5.56 Å². The van der Waals surface area contributed by atoms with Crippen molar-refractivity contribution in [2.45, 2.75) is 20.8 Å². The Hall–Kier alpha value is -5.42. The Kier molecular flexibility index (Phi) is 7.39. The minimum atomic E-state index is -0.266. The smallest absolute Gasteiger partial charge is 0.271 e. The van der Waals surface area contributed by atoms with Crippen molar-refractivity contribution in [3.05, 3.63) is 155 Å². The third-order valence-electron chi connectivity index (χ3n) is 7.45. The van der Waals surface area contributed by atoms with E-state index in [9.17, 15) is 4.79 Å². The largest absolute Gasteiger partial charge is 0.318 e. The topological polar surface area (TPSA) is 51.3 Å². The minimum Gasteiger partial charge on any atom is -0.318 e. The van der Waals surface area contributed by atoms with Gasteiger partial charge in [-0.15, -0.1) is 0 Å². The van der Waals surface area contributed by atoms with Gasteiger partial charge < -0.3 is 9.13 Å². The van der Waals surface area contributed by atoms with E-state index in [2.05, 4.69) is 107 Å².